The van der Waals surface area contributed by atoms with Gasteiger partial charge in [-0.25, -0.2) is 0 Å². The fourth-order valence-corrected chi connectivity index (χ4v) is 3.54. The molecule has 0 aliphatic carbocycles. The van der Waals surface area contributed by atoms with Crippen LogP contribution in [0.1, 0.15) is 23.2 Å². The van der Waals surface area contributed by atoms with Gasteiger partial charge in [0.2, 0.25) is 0 Å². The average molecular weight is 374 g/mol. The second kappa shape index (κ2) is 7.89. The lowest BCUT2D eigenvalue weighted by Crippen LogP contribution is -2.37. The molecule has 1 amide bonds. The summed E-state index contributed by atoms with van der Waals surface area (Å²) in [5.41, 5.74) is 2.24. The first-order valence-electron chi connectivity index (χ1n) is 8.40. The van der Waals surface area contributed by atoms with Gasteiger partial charge in [-0.05, 0) is 29.7 Å². The Balaban J connectivity index is 1.92. The monoisotopic (exact) mass is 373 g/mol. The summed E-state index contributed by atoms with van der Waals surface area (Å²) in [6.07, 6.45) is 0.228. The molecule has 1 saturated heterocycles. The maximum atomic E-state index is 13.1. The minimum Gasteiger partial charge on any atom is -0.481 e. The Bertz CT molecular complexity index is 809. The zero-order valence-electron chi connectivity index (χ0n) is 14.4. The summed E-state index contributed by atoms with van der Waals surface area (Å²) in [7, 11) is 1.57. The second-order valence-corrected chi connectivity index (χ2v) is 6.77. The lowest BCUT2D eigenvalue weighted by atomic mass is 10.0. The highest BCUT2D eigenvalue weighted by Gasteiger charge is 2.37. The van der Waals surface area contributed by atoms with Crippen molar-refractivity contribution in [2.24, 2.45) is 0 Å². The molecule has 0 radical (unpaired) electrons. The van der Waals surface area contributed by atoms with E-state index in [4.69, 9.17) is 21.4 Å². The summed E-state index contributed by atoms with van der Waals surface area (Å²) in [4.78, 5) is 25.8. The molecular formula is C20H20ClNO4. The molecule has 2 aromatic carbocycles. The number of benzene rings is 2. The normalized spacial score (nSPS) is 19.5. The third-order valence-corrected chi connectivity index (χ3v) is 5.01. The second-order valence-electron chi connectivity index (χ2n) is 6.36. The van der Waals surface area contributed by atoms with E-state index in [0.717, 1.165) is 11.1 Å². The Morgan fingerprint density at radius 1 is 1.19 bits per heavy atom. The molecule has 0 spiro atoms. The smallest absolute Gasteiger partial charge is 0.305 e. The van der Waals surface area contributed by atoms with Crippen LogP contribution in [0.4, 0.5) is 0 Å². The predicted molar refractivity (Wildman–Crippen MR) is 99.4 cm³/mol. The third kappa shape index (κ3) is 3.89. The van der Waals surface area contributed by atoms with Crippen molar-refractivity contribution in [2.75, 3.05) is 13.7 Å². The van der Waals surface area contributed by atoms with Crippen molar-refractivity contribution in [1.82, 2.24) is 4.90 Å². The Kier molecular flexibility index (Phi) is 5.59. The molecule has 5 nitrogen and oxygen atoms in total. The maximum Gasteiger partial charge on any atom is 0.305 e. The van der Waals surface area contributed by atoms with E-state index in [2.05, 4.69) is 0 Å². The van der Waals surface area contributed by atoms with Gasteiger partial charge in [-0.15, -0.1) is 0 Å². The lowest BCUT2D eigenvalue weighted by molar-refractivity contribution is -0.137. The van der Waals surface area contributed by atoms with Crippen molar-refractivity contribution in [1.29, 1.82) is 0 Å². The van der Waals surface area contributed by atoms with Gasteiger partial charge in [0, 0.05) is 19.7 Å². The van der Waals surface area contributed by atoms with Crippen LogP contribution in [0.15, 0.2) is 48.5 Å². The first-order chi connectivity index (χ1) is 12.5. The number of hydrogen-bond acceptors (Lipinski definition) is 3. The largest absolute Gasteiger partial charge is 0.481 e. The van der Waals surface area contributed by atoms with Crippen LogP contribution >= 0.6 is 11.6 Å². The van der Waals surface area contributed by atoms with Crippen molar-refractivity contribution in [3.05, 3.63) is 59.1 Å². The molecule has 2 atom stereocenters. The number of carboxylic acids is 1. The molecule has 26 heavy (non-hydrogen) atoms. The average Bonchev–Trinajstić information content (AvgIpc) is 3.04. The molecule has 0 bridgehead atoms. The summed E-state index contributed by atoms with van der Waals surface area (Å²) in [5, 5.41) is 9.50. The standard InChI is InChI=1S/C20H20ClNO4/c1-26-16-10-15(11-19(23)24)22(12-16)20(25)17-9-14(7-8-18(17)21)13-5-3-2-4-6-13/h2-9,15-16H,10-12H2,1H3,(H,23,24). The Labute approximate surface area is 157 Å². The van der Waals surface area contributed by atoms with Crippen LogP contribution in [0.3, 0.4) is 0 Å². The molecule has 136 valence electrons. The number of halogens is 1. The fraction of sp³-hybridized carbons (Fsp3) is 0.300. The van der Waals surface area contributed by atoms with Gasteiger partial charge in [0.25, 0.3) is 5.91 Å². The number of carboxylic acid groups (broad SMARTS) is 1. The van der Waals surface area contributed by atoms with Crippen molar-refractivity contribution in [3.8, 4) is 11.1 Å². The number of carbonyl (C=O) groups is 2. The quantitative estimate of drug-likeness (QED) is 0.867. The van der Waals surface area contributed by atoms with E-state index in [0.29, 0.717) is 23.6 Å². The van der Waals surface area contributed by atoms with E-state index in [-0.39, 0.29) is 18.4 Å². The SMILES string of the molecule is COC1CC(CC(=O)O)N(C(=O)c2cc(-c3ccccc3)ccc2Cl)C1. The van der Waals surface area contributed by atoms with Crippen LogP contribution in [0.5, 0.6) is 0 Å². The van der Waals surface area contributed by atoms with Gasteiger partial charge < -0.3 is 14.7 Å². The number of amides is 1. The van der Waals surface area contributed by atoms with Gasteiger partial charge in [0.15, 0.2) is 0 Å². The van der Waals surface area contributed by atoms with Crippen LogP contribution in [0.2, 0.25) is 5.02 Å². The van der Waals surface area contributed by atoms with Crippen molar-refractivity contribution < 1.29 is 19.4 Å². The summed E-state index contributed by atoms with van der Waals surface area (Å²) in [5.74, 6) is -1.20. The summed E-state index contributed by atoms with van der Waals surface area (Å²) in [6.45, 7) is 0.360. The highest BCUT2D eigenvalue weighted by molar-refractivity contribution is 6.34. The number of methoxy groups -OCH3 is 1. The highest BCUT2D eigenvalue weighted by atomic mass is 35.5. The van der Waals surface area contributed by atoms with E-state index >= 15 is 0 Å². The van der Waals surface area contributed by atoms with Gasteiger partial charge in [-0.2, -0.15) is 0 Å². The lowest BCUT2D eigenvalue weighted by Gasteiger charge is -2.24. The molecule has 2 unspecified atom stereocenters. The number of carbonyl (C=O) groups excluding carboxylic acids is 1. The molecule has 2 aromatic rings. The highest BCUT2D eigenvalue weighted by Crippen LogP contribution is 2.30. The van der Waals surface area contributed by atoms with Crippen LogP contribution in [0, 0.1) is 0 Å². The zero-order chi connectivity index (χ0) is 18.7. The van der Waals surface area contributed by atoms with Crippen molar-refractivity contribution in [2.45, 2.75) is 25.0 Å². The number of rotatable bonds is 5. The van der Waals surface area contributed by atoms with Crippen LogP contribution in [0.25, 0.3) is 11.1 Å². The molecule has 1 N–H and O–H groups in total. The molecule has 1 aliphatic heterocycles. The third-order valence-electron chi connectivity index (χ3n) is 4.68. The number of nitrogens with zero attached hydrogens (tertiary/aromatic N) is 1. The Morgan fingerprint density at radius 3 is 2.58 bits per heavy atom. The minimum atomic E-state index is -0.936. The van der Waals surface area contributed by atoms with Gasteiger partial charge in [0.1, 0.15) is 0 Å². The number of ether oxygens (including phenoxy) is 1. The van der Waals surface area contributed by atoms with Gasteiger partial charge >= 0.3 is 5.97 Å². The fourth-order valence-electron chi connectivity index (χ4n) is 3.34. The zero-order valence-corrected chi connectivity index (χ0v) is 15.1. The maximum absolute atomic E-state index is 13.1. The molecule has 0 saturated carbocycles. The van der Waals surface area contributed by atoms with Gasteiger partial charge in [-0.3, -0.25) is 9.59 Å². The van der Waals surface area contributed by atoms with Crippen molar-refractivity contribution in [3.63, 3.8) is 0 Å². The summed E-state index contributed by atoms with van der Waals surface area (Å²) >= 11 is 6.29. The van der Waals surface area contributed by atoms with Gasteiger partial charge in [0.05, 0.1) is 23.1 Å². The van der Waals surface area contributed by atoms with E-state index < -0.39 is 12.0 Å². The number of aliphatic carboxylic acids is 1. The molecule has 3 rings (SSSR count). The number of likely N-dealkylation sites (tertiary alicyclic amines) is 1. The molecule has 1 fully saturated rings. The van der Waals surface area contributed by atoms with Gasteiger partial charge in [-0.1, -0.05) is 48.0 Å². The van der Waals surface area contributed by atoms with Crippen LogP contribution in [-0.4, -0.2) is 47.7 Å². The van der Waals surface area contributed by atoms with E-state index in [1.165, 1.54) is 0 Å². The van der Waals surface area contributed by atoms with E-state index in [1.807, 2.05) is 36.4 Å². The van der Waals surface area contributed by atoms with E-state index in [1.54, 1.807) is 24.1 Å². The van der Waals surface area contributed by atoms with Crippen molar-refractivity contribution >= 4 is 23.5 Å². The molecule has 6 heteroatoms. The first kappa shape index (κ1) is 18.4. The van der Waals surface area contributed by atoms with E-state index in [9.17, 15) is 9.59 Å². The molecular weight excluding hydrogens is 354 g/mol. The number of hydrogen-bond donors (Lipinski definition) is 1. The van der Waals surface area contributed by atoms with Crippen LogP contribution in [-0.2, 0) is 9.53 Å². The Hall–Kier alpha value is -2.37. The summed E-state index contributed by atoms with van der Waals surface area (Å²) < 4.78 is 5.34. The minimum absolute atomic E-state index is 0.110. The topological polar surface area (TPSA) is 66.8 Å². The first-order valence-corrected chi connectivity index (χ1v) is 8.78. The predicted octanol–water partition coefficient (Wildman–Crippen LogP) is 3.71. The summed E-state index contributed by atoms with van der Waals surface area (Å²) in [6, 6.07) is 14.6. The van der Waals surface area contributed by atoms with Crippen LogP contribution < -0.4 is 0 Å². The Morgan fingerprint density at radius 2 is 1.92 bits per heavy atom. The molecule has 1 aliphatic rings. The molecule has 1 heterocycles. The molecule has 0 aromatic heterocycles.